The highest BCUT2D eigenvalue weighted by Gasteiger charge is 1.97. The molecule has 0 saturated carbocycles. The van der Waals surface area contributed by atoms with Crippen molar-refractivity contribution in [2.45, 2.75) is 13.1 Å². The molecule has 0 fully saturated rings. The molecule has 2 aromatic heterocycles. The van der Waals surface area contributed by atoms with Gasteiger partial charge in [0.2, 0.25) is 0 Å². The largest absolute Gasteiger partial charge is 0.315 e. The Labute approximate surface area is 105 Å². The van der Waals surface area contributed by atoms with Crippen molar-refractivity contribution in [3.63, 3.8) is 0 Å². The van der Waals surface area contributed by atoms with Crippen LogP contribution in [0.1, 0.15) is 11.4 Å². The summed E-state index contributed by atoms with van der Waals surface area (Å²) in [6.45, 7) is 1.33. The molecule has 0 aliphatic rings. The summed E-state index contributed by atoms with van der Waals surface area (Å²) in [5, 5.41) is 5.03. The Morgan fingerprint density at radius 2 is 2.31 bits per heavy atom. The lowest BCUT2D eigenvalue weighted by Gasteiger charge is -2.02. The van der Waals surface area contributed by atoms with Crippen molar-refractivity contribution in [2.24, 2.45) is 0 Å². The van der Waals surface area contributed by atoms with E-state index in [9.17, 15) is 4.79 Å². The number of aromatic amines is 1. The minimum Gasteiger partial charge on any atom is -0.315 e. The average Bonchev–Trinajstić information content (AvgIpc) is 2.67. The number of rotatable bonds is 4. The molecule has 0 radical (unpaired) electrons. The van der Waals surface area contributed by atoms with Gasteiger partial charge in [0.15, 0.2) is 0 Å². The van der Waals surface area contributed by atoms with Crippen LogP contribution in [0.4, 0.5) is 0 Å². The summed E-state index contributed by atoms with van der Waals surface area (Å²) in [7, 11) is 0. The van der Waals surface area contributed by atoms with Crippen molar-refractivity contribution in [3.05, 3.63) is 49.2 Å². The third-order valence-corrected chi connectivity index (χ3v) is 3.17. The zero-order chi connectivity index (χ0) is 11.4. The Balaban J connectivity index is 1.84. The fraction of sp³-hybridized carbons (Fsp3) is 0.200. The molecule has 16 heavy (non-hydrogen) atoms. The molecule has 4 nitrogen and oxygen atoms in total. The molecular formula is C10H10BrN3OS. The fourth-order valence-electron chi connectivity index (χ4n) is 1.24. The van der Waals surface area contributed by atoms with Crippen LogP contribution in [-0.2, 0) is 13.1 Å². The van der Waals surface area contributed by atoms with E-state index in [1.807, 2.05) is 17.5 Å². The summed E-state index contributed by atoms with van der Waals surface area (Å²) < 4.78 is 0.971. The number of aromatic nitrogens is 2. The molecule has 0 aliphatic heterocycles. The molecule has 0 aromatic carbocycles. The van der Waals surface area contributed by atoms with Crippen LogP contribution < -0.4 is 10.2 Å². The van der Waals surface area contributed by atoms with Crippen molar-refractivity contribution < 1.29 is 0 Å². The molecule has 0 saturated heterocycles. The van der Waals surface area contributed by atoms with Gasteiger partial charge in [0, 0.05) is 34.8 Å². The van der Waals surface area contributed by atoms with Crippen LogP contribution in [-0.4, -0.2) is 9.97 Å². The first-order chi connectivity index (χ1) is 7.74. The lowest BCUT2D eigenvalue weighted by atomic mass is 10.3. The van der Waals surface area contributed by atoms with Crippen molar-refractivity contribution in [2.75, 3.05) is 0 Å². The highest BCUT2D eigenvalue weighted by Crippen LogP contribution is 2.07. The van der Waals surface area contributed by atoms with Gasteiger partial charge >= 0.3 is 4.87 Å². The maximum Gasteiger partial charge on any atom is 0.304 e. The summed E-state index contributed by atoms with van der Waals surface area (Å²) in [6, 6.07) is 3.91. The number of H-pyrrole nitrogens is 1. The second-order valence-electron chi connectivity index (χ2n) is 3.24. The summed E-state index contributed by atoms with van der Waals surface area (Å²) in [5.41, 5.74) is 1.88. The zero-order valence-corrected chi connectivity index (χ0v) is 10.8. The van der Waals surface area contributed by atoms with E-state index in [0.29, 0.717) is 13.1 Å². The van der Waals surface area contributed by atoms with Gasteiger partial charge in [0.1, 0.15) is 0 Å². The minimum atomic E-state index is -0.0152. The van der Waals surface area contributed by atoms with Gasteiger partial charge in [0.25, 0.3) is 0 Å². The molecule has 0 spiro atoms. The monoisotopic (exact) mass is 299 g/mol. The zero-order valence-electron chi connectivity index (χ0n) is 8.37. The van der Waals surface area contributed by atoms with Crippen LogP contribution in [0.2, 0.25) is 0 Å². The third kappa shape index (κ3) is 3.26. The predicted octanol–water partition coefficient (Wildman–Crippen LogP) is 1.88. The topological polar surface area (TPSA) is 57.8 Å². The minimum absolute atomic E-state index is 0.0152. The van der Waals surface area contributed by atoms with Gasteiger partial charge in [-0.1, -0.05) is 11.3 Å². The quantitative estimate of drug-likeness (QED) is 0.906. The molecule has 0 atom stereocenters. The molecule has 0 bridgehead atoms. The second-order valence-corrected chi connectivity index (χ2v) is 5.00. The first kappa shape index (κ1) is 11.5. The van der Waals surface area contributed by atoms with Crippen molar-refractivity contribution in [3.8, 4) is 0 Å². The van der Waals surface area contributed by atoms with Crippen LogP contribution in [0.15, 0.2) is 33.0 Å². The second kappa shape index (κ2) is 5.38. The normalized spacial score (nSPS) is 10.6. The van der Waals surface area contributed by atoms with Gasteiger partial charge in [-0.3, -0.25) is 9.78 Å². The van der Waals surface area contributed by atoms with Crippen LogP contribution in [0.25, 0.3) is 0 Å². The number of hydrogen-bond donors (Lipinski definition) is 2. The molecule has 2 N–H and O–H groups in total. The van der Waals surface area contributed by atoms with E-state index >= 15 is 0 Å². The van der Waals surface area contributed by atoms with Crippen LogP contribution in [0.3, 0.4) is 0 Å². The van der Waals surface area contributed by atoms with Gasteiger partial charge in [-0.15, -0.1) is 0 Å². The van der Waals surface area contributed by atoms with Gasteiger partial charge in [-0.05, 0) is 28.1 Å². The molecule has 0 unspecified atom stereocenters. The Morgan fingerprint density at radius 3 is 2.94 bits per heavy atom. The van der Waals surface area contributed by atoms with Gasteiger partial charge in [-0.2, -0.15) is 0 Å². The lowest BCUT2D eigenvalue weighted by Crippen LogP contribution is -2.14. The van der Waals surface area contributed by atoms with Crippen molar-refractivity contribution in [1.29, 1.82) is 0 Å². The number of nitrogens with one attached hydrogen (secondary N) is 2. The van der Waals surface area contributed by atoms with Gasteiger partial charge in [0.05, 0.1) is 5.69 Å². The molecule has 2 heterocycles. The van der Waals surface area contributed by atoms with Gasteiger partial charge < -0.3 is 10.3 Å². The lowest BCUT2D eigenvalue weighted by molar-refractivity contribution is 0.669. The Hall–Kier alpha value is -0.980. The van der Waals surface area contributed by atoms with E-state index < -0.39 is 0 Å². The molecule has 2 aromatic rings. The van der Waals surface area contributed by atoms with E-state index in [1.165, 1.54) is 11.3 Å². The summed E-state index contributed by atoms with van der Waals surface area (Å²) in [4.78, 5) is 17.8. The number of thiazole rings is 1. The average molecular weight is 300 g/mol. The molecule has 0 aliphatic carbocycles. The Morgan fingerprint density at radius 1 is 1.44 bits per heavy atom. The summed E-state index contributed by atoms with van der Waals surface area (Å²) >= 11 is 4.51. The standard InChI is InChI=1S/C10H10BrN3OS/c11-7-1-2-8(13-3-7)4-12-5-9-6-16-10(15)14-9/h1-3,6,12H,4-5H2,(H,14,15). The van der Waals surface area contributed by atoms with E-state index in [2.05, 4.69) is 31.2 Å². The van der Waals surface area contributed by atoms with E-state index in [1.54, 1.807) is 6.20 Å². The van der Waals surface area contributed by atoms with Gasteiger partial charge in [-0.25, -0.2) is 0 Å². The van der Waals surface area contributed by atoms with Crippen molar-refractivity contribution >= 4 is 27.3 Å². The number of nitrogens with zero attached hydrogens (tertiary/aromatic N) is 1. The fourth-order valence-corrected chi connectivity index (χ4v) is 2.05. The SMILES string of the molecule is O=c1[nH]c(CNCc2ccc(Br)cn2)cs1. The molecular weight excluding hydrogens is 290 g/mol. The van der Waals surface area contributed by atoms with E-state index in [4.69, 9.17) is 0 Å². The molecule has 6 heteroatoms. The van der Waals surface area contributed by atoms with Crippen LogP contribution in [0.5, 0.6) is 0 Å². The van der Waals surface area contributed by atoms with Crippen molar-refractivity contribution in [1.82, 2.24) is 15.3 Å². The smallest absolute Gasteiger partial charge is 0.304 e. The maximum atomic E-state index is 10.9. The molecule has 84 valence electrons. The van der Waals surface area contributed by atoms with E-state index in [-0.39, 0.29) is 4.87 Å². The molecule has 2 rings (SSSR count). The molecule has 0 amide bonds. The predicted molar refractivity (Wildman–Crippen MR) is 67.4 cm³/mol. The summed E-state index contributed by atoms with van der Waals surface area (Å²) in [6.07, 6.45) is 1.77. The number of halogens is 1. The maximum absolute atomic E-state index is 10.9. The first-order valence-electron chi connectivity index (χ1n) is 4.72. The Bertz CT molecular complexity index is 505. The van der Waals surface area contributed by atoms with Crippen LogP contribution >= 0.6 is 27.3 Å². The highest BCUT2D eigenvalue weighted by molar-refractivity contribution is 9.10. The summed E-state index contributed by atoms with van der Waals surface area (Å²) in [5.74, 6) is 0. The number of hydrogen-bond acceptors (Lipinski definition) is 4. The number of pyridine rings is 1. The highest BCUT2D eigenvalue weighted by atomic mass is 79.9. The third-order valence-electron chi connectivity index (χ3n) is 1.98. The van der Waals surface area contributed by atoms with E-state index in [0.717, 1.165) is 15.9 Å². The Kier molecular flexibility index (Phi) is 3.87. The van der Waals surface area contributed by atoms with Crippen LogP contribution in [0, 0.1) is 0 Å². The first-order valence-corrected chi connectivity index (χ1v) is 6.39.